The molecule has 2 aliphatic rings. The lowest BCUT2D eigenvalue weighted by Crippen LogP contribution is -2.44. The lowest BCUT2D eigenvalue weighted by Gasteiger charge is -2.38. The van der Waals surface area contributed by atoms with Gasteiger partial charge in [0.25, 0.3) is 0 Å². The number of carbonyl (C=O) groups is 1. The fourth-order valence-electron chi connectivity index (χ4n) is 3.65. The molecule has 0 aliphatic carbocycles. The van der Waals surface area contributed by atoms with Crippen LogP contribution in [0.5, 0.6) is 5.75 Å². The molecule has 3 rings (SSSR count). The van der Waals surface area contributed by atoms with Crippen molar-refractivity contribution in [3.63, 3.8) is 0 Å². The molecular formula is C18H26N2O4S. The predicted molar refractivity (Wildman–Crippen MR) is 95.4 cm³/mol. The molecule has 7 heteroatoms. The number of piperidine rings is 1. The van der Waals surface area contributed by atoms with Gasteiger partial charge in [-0.05, 0) is 55.5 Å². The second kappa shape index (κ2) is 7.33. The molecule has 6 nitrogen and oxygen atoms in total. The smallest absolute Gasteiger partial charge is 0.225 e. The number of sulfone groups is 1. The molecule has 0 saturated carbocycles. The van der Waals surface area contributed by atoms with E-state index < -0.39 is 9.84 Å². The van der Waals surface area contributed by atoms with E-state index in [0.29, 0.717) is 24.2 Å². The first kappa shape index (κ1) is 18.2. The van der Waals surface area contributed by atoms with E-state index in [-0.39, 0.29) is 10.8 Å². The Morgan fingerprint density at radius 2 is 1.88 bits per heavy atom. The van der Waals surface area contributed by atoms with Gasteiger partial charge in [0, 0.05) is 25.9 Å². The van der Waals surface area contributed by atoms with Gasteiger partial charge in [-0.1, -0.05) is 0 Å². The van der Waals surface area contributed by atoms with E-state index in [0.717, 1.165) is 39.0 Å². The highest BCUT2D eigenvalue weighted by atomic mass is 32.2. The highest BCUT2D eigenvalue weighted by Crippen LogP contribution is 2.36. The van der Waals surface area contributed by atoms with Gasteiger partial charge in [0.05, 0.1) is 17.9 Å². The van der Waals surface area contributed by atoms with Crippen molar-refractivity contribution >= 4 is 15.7 Å². The highest BCUT2D eigenvalue weighted by Gasteiger charge is 2.37. The molecule has 25 heavy (non-hydrogen) atoms. The van der Waals surface area contributed by atoms with Crippen LogP contribution < -0.4 is 10.1 Å². The molecule has 2 aliphatic heterocycles. The van der Waals surface area contributed by atoms with Crippen LogP contribution in [0.1, 0.15) is 25.7 Å². The van der Waals surface area contributed by atoms with E-state index in [1.54, 1.807) is 12.1 Å². The maximum absolute atomic E-state index is 12.3. The van der Waals surface area contributed by atoms with Gasteiger partial charge in [-0.15, -0.1) is 0 Å². The minimum absolute atomic E-state index is 0.133. The first-order valence-electron chi connectivity index (χ1n) is 8.79. The number of hydrogen-bond acceptors (Lipinski definition) is 5. The summed E-state index contributed by atoms with van der Waals surface area (Å²) in [6.45, 7) is 4.16. The zero-order valence-electron chi connectivity index (χ0n) is 14.7. The number of nitrogens with zero attached hydrogens (tertiary/aromatic N) is 1. The summed E-state index contributed by atoms with van der Waals surface area (Å²) in [4.78, 5) is 14.5. The van der Waals surface area contributed by atoms with Crippen molar-refractivity contribution in [1.29, 1.82) is 0 Å². The third kappa shape index (κ3) is 4.52. The van der Waals surface area contributed by atoms with Gasteiger partial charge in [-0.25, -0.2) is 8.42 Å². The van der Waals surface area contributed by atoms with Crippen molar-refractivity contribution < 1.29 is 17.9 Å². The quantitative estimate of drug-likeness (QED) is 0.854. The molecule has 0 atom stereocenters. The largest absolute Gasteiger partial charge is 0.493 e. The van der Waals surface area contributed by atoms with Crippen LogP contribution in [-0.2, 0) is 14.6 Å². The number of hydrogen-bond donors (Lipinski definition) is 1. The number of benzene rings is 1. The molecule has 138 valence electrons. The maximum atomic E-state index is 12.3. The molecule has 1 aromatic carbocycles. The summed E-state index contributed by atoms with van der Waals surface area (Å²) in [6.07, 6.45) is 4.91. The summed E-state index contributed by atoms with van der Waals surface area (Å²) in [7, 11) is -3.20. The fourth-order valence-corrected chi connectivity index (χ4v) is 4.28. The molecule has 1 amide bonds. The van der Waals surface area contributed by atoms with Gasteiger partial charge in [-0.3, -0.25) is 4.79 Å². The van der Waals surface area contributed by atoms with Crippen LogP contribution >= 0.6 is 0 Å². The molecule has 2 saturated heterocycles. The van der Waals surface area contributed by atoms with E-state index in [4.69, 9.17) is 4.74 Å². The lowest BCUT2D eigenvalue weighted by atomic mass is 9.78. The van der Waals surface area contributed by atoms with Crippen LogP contribution in [0.2, 0.25) is 0 Å². The first-order valence-corrected chi connectivity index (χ1v) is 10.7. The molecule has 0 bridgehead atoms. The lowest BCUT2D eigenvalue weighted by molar-refractivity contribution is -0.133. The Morgan fingerprint density at radius 3 is 2.44 bits per heavy atom. The molecule has 1 N–H and O–H groups in total. The molecule has 2 heterocycles. The Kier molecular flexibility index (Phi) is 5.34. The van der Waals surface area contributed by atoms with E-state index in [1.807, 2.05) is 4.90 Å². The molecule has 1 aromatic rings. The van der Waals surface area contributed by atoms with Crippen molar-refractivity contribution in [2.24, 2.45) is 5.41 Å². The molecule has 0 aromatic heterocycles. The third-order valence-electron chi connectivity index (χ3n) is 5.35. The number of likely N-dealkylation sites (tertiary alicyclic amines) is 1. The Hall–Kier alpha value is -1.60. The van der Waals surface area contributed by atoms with Gasteiger partial charge >= 0.3 is 0 Å². The van der Waals surface area contributed by atoms with Gasteiger partial charge in [0.1, 0.15) is 5.75 Å². The molecule has 1 spiro atoms. The Morgan fingerprint density at radius 1 is 1.20 bits per heavy atom. The molecule has 2 fully saturated rings. The second-order valence-corrected chi connectivity index (χ2v) is 9.17. The SMILES string of the molecule is CS(=O)(=O)c1ccc(OCCC(=O)N2CCC3(CCNC3)CC2)cc1. The monoisotopic (exact) mass is 366 g/mol. The average molecular weight is 366 g/mol. The number of nitrogens with one attached hydrogen (secondary N) is 1. The van der Waals surface area contributed by atoms with Crippen molar-refractivity contribution in [1.82, 2.24) is 10.2 Å². The Labute approximate surface area is 149 Å². The van der Waals surface area contributed by atoms with Crippen molar-refractivity contribution in [3.8, 4) is 5.75 Å². The standard InChI is InChI=1S/C18H26N2O4S/c1-25(22,23)16-4-2-15(3-5-16)24-13-6-17(21)20-11-8-18(9-12-20)7-10-19-14-18/h2-5,19H,6-14H2,1H3. The first-order chi connectivity index (χ1) is 11.9. The third-order valence-corrected chi connectivity index (χ3v) is 6.47. The van der Waals surface area contributed by atoms with Gasteiger partial charge < -0.3 is 15.0 Å². The van der Waals surface area contributed by atoms with E-state index in [9.17, 15) is 13.2 Å². The minimum atomic E-state index is -3.20. The summed E-state index contributed by atoms with van der Waals surface area (Å²) in [5.41, 5.74) is 0.411. The topological polar surface area (TPSA) is 75.7 Å². The summed E-state index contributed by atoms with van der Waals surface area (Å²) in [6, 6.07) is 6.29. The van der Waals surface area contributed by atoms with Crippen molar-refractivity contribution in [3.05, 3.63) is 24.3 Å². The van der Waals surface area contributed by atoms with Crippen LogP contribution in [0, 0.1) is 5.41 Å². The number of rotatable bonds is 5. The zero-order valence-corrected chi connectivity index (χ0v) is 15.5. The second-order valence-electron chi connectivity index (χ2n) is 7.15. The van der Waals surface area contributed by atoms with Crippen LogP contribution in [0.15, 0.2) is 29.2 Å². The van der Waals surface area contributed by atoms with Crippen LogP contribution in [-0.4, -0.2) is 58.3 Å². The normalized spacial score (nSPS) is 20.0. The molecular weight excluding hydrogens is 340 g/mol. The van der Waals surface area contributed by atoms with Crippen molar-refractivity contribution in [2.75, 3.05) is 39.0 Å². The maximum Gasteiger partial charge on any atom is 0.225 e. The summed E-state index contributed by atoms with van der Waals surface area (Å²) in [5.74, 6) is 0.711. The minimum Gasteiger partial charge on any atom is -0.493 e. The van der Waals surface area contributed by atoms with Crippen molar-refractivity contribution in [2.45, 2.75) is 30.6 Å². The van der Waals surface area contributed by atoms with Gasteiger partial charge in [0.2, 0.25) is 5.91 Å². The Bertz CT molecular complexity index is 699. The average Bonchev–Trinajstić information content (AvgIpc) is 3.03. The molecule has 0 unspecified atom stereocenters. The highest BCUT2D eigenvalue weighted by molar-refractivity contribution is 7.90. The van der Waals surface area contributed by atoms with Gasteiger partial charge in [-0.2, -0.15) is 0 Å². The fraction of sp³-hybridized carbons (Fsp3) is 0.611. The van der Waals surface area contributed by atoms with E-state index >= 15 is 0 Å². The van der Waals surface area contributed by atoms with Crippen LogP contribution in [0.25, 0.3) is 0 Å². The summed E-state index contributed by atoms with van der Waals surface area (Å²) < 4.78 is 28.4. The van der Waals surface area contributed by atoms with E-state index in [2.05, 4.69) is 5.32 Å². The van der Waals surface area contributed by atoms with E-state index in [1.165, 1.54) is 24.8 Å². The molecule has 0 radical (unpaired) electrons. The summed E-state index contributed by atoms with van der Waals surface area (Å²) in [5, 5.41) is 3.43. The van der Waals surface area contributed by atoms with Crippen LogP contribution in [0.3, 0.4) is 0 Å². The summed E-state index contributed by atoms with van der Waals surface area (Å²) >= 11 is 0. The number of carbonyl (C=O) groups excluding carboxylic acids is 1. The Balaban J connectivity index is 1.42. The number of ether oxygens (including phenoxy) is 1. The predicted octanol–water partition coefficient (Wildman–Crippen LogP) is 1.46. The zero-order chi connectivity index (χ0) is 17.9. The van der Waals surface area contributed by atoms with Gasteiger partial charge in [0.15, 0.2) is 9.84 Å². The number of amides is 1. The van der Waals surface area contributed by atoms with Crippen LogP contribution in [0.4, 0.5) is 0 Å².